The Morgan fingerprint density at radius 2 is 1.95 bits per heavy atom. The van der Waals surface area contributed by atoms with Crippen molar-refractivity contribution in [3.63, 3.8) is 0 Å². The average molecular weight is 300 g/mol. The molecule has 0 aliphatic rings. The van der Waals surface area contributed by atoms with Gasteiger partial charge in [0.2, 0.25) is 5.91 Å². The van der Waals surface area contributed by atoms with E-state index in [4.69, 9.17) is 21.1 Å². The molecule has 5 heteroatoms. The van der Waals surface area contributed by atoms with Gasteiger partial charge in [0.25, 0.3) is 0 Å². The van der Waals surface area contributed by atoms with Crippen molar-refractivity contribution in [3.8, 4) is 11.5 Å². The second-order valence-corrected chi connectivity index (χ2v) is 5.23. The van der Waals surface area contributed by atoms with Crippen molar-refractivity contribution in [1.29, 1.82) is 0 Å². The fraction of sp³-hybridized carbons (Fsp3) is 0.533. The zero-order chi connectivity index (χ0) is 15.2. The summed E-state index contributed by atoms with van der Waals surface area (Å²) in [7, 11) is 3.15. The van der Waals surface area contributed by atoms with Gasteiger partial charge in [-0.25, -0.2) is 0 Å². The summed E-state index contributed by atoms with van der Waals surface area (Å²) >= 11 is 5.89. The van der Waals surface area contributed by atoms with Crippen LogP contribution in [0.1, 0.15) is 25.8 Å². The summed E-state index contributed by atoms with van der Waals surface area (Å²) in [6, 6.07) is 5.45. The lowest BCUT2D eigenvalue weighted by molar-refractivity contribution is -0.122. The number of hydrogen-bond acceptors (Lipinski definition) is 3. The van der Waals surface area contributed by atoms with Gasteiger partial charge in [0.05, 0.1) is 26.2 Å². The number of amides is 1. The van der Waals surface area contributed by atoms with E-state index in [0.29, 0.717) is 17.4 Å². The number of carbonyl (C=O) groups is 1. The summed E-state index contributed by atoms with van der Waals surface area (Å²) in [4.78, 5) is 12.1. The highest BCUT2D eigenvalue weighted by Crippen LogP contribution is 2.27. The van der Waals surface area contributed by atoms with Gasteiger partial charge in [-0.3, -0.25) is 4.79 Å². The van der Waals surface area contributed by atoms with Crippen LogP contribution in [0, 0.1) is 0 Å². The van der Waals surface area contributed by atoms with E-state index in [9.17, 15) is 4.79 Å². The Hall–Kier alpha value is -1.42. The molecule has 0 aliphatic carbocycles. The lowest BCUT2D eigenvalue weighted by atomic mass is 10.0. The number of hydrogen-bond donors (Lipinski definition) is 1. The minimum absolute atomic E-state index is 0.0535. The van der Waals surface area contributed by atoms with Crippen LogP contribution < -0.4 is 14.8 Å². The first-order chi connectivity index (χ1) is 9.47. The fourth-order valence-corrected chi connectivity index (χ4v) is 2.03. The van der Waals surface area contributed by atoms with Crippen LogP contribution in [-0.2, 0) is 11.2 Å². The van der Waals surface area contributed by atoms with Gasteiger partial charge in [0, 0.05) is 5.88 Å². The molecule has 0 aromatic heterocycles. The van der Waals surface area contributed by atoms with Gasteiger partial charge in [0.1, 0.15) is 0 Å². The van der Waals surface area contributed by atoms with Crippen LogP contribution in [0.2, 0.25) is 0 Å². The smallest absolute Gasteiger partial charge is 0.224 e. The van der Waals surface area contributed by atoms with Gasteiger partial charge in [-0.2, -0.15) is 0 Å². The fourth-order valence-electron chi connectivity index (χ4n) is 1.77. The second-order valence-electron chi connectivity index (χ2n) is 4.96. The van der Waals surface area contributed by atoms with E-state index in [1.165, 1.54) is 0 Å². The SMILES string of the molecule is CCC(C)(CCl)NC(=O)Cc1ccc(OC)c(OC)c1. The first kappa shape index (κ1) is 16.6. The van der Waals surface area contributed by atoms with Gasteiger partial charge in [-0.05, 0) is 31.0 Å². The Kier molecular flexibility index (Phi) is 6.14. The normalized spacial score (nSPS) is 13.4. The van der Waals surface area contributed by atoms with E-state index < -0.39 is 0 Å². The Balaban J connectivity index is 2.76. The van der Waals surface area contributed by atoms with Gasteiger partial charge in [-0.15, -0.1) is 11.6 Å². The lowest BCUT2D eigenvalue weighted by Crippen LogP contribution is -2.47. The highest BCUT2D eigenvalue weighted by molar-refractivity contribution is 6.18. The molecule has 0 radical (unpaired) electrons. The van der Waals surface area contributed by atoms with E-state index in [2.05, 4.69) is 5.32 Å². The number of nitrogens with one attached hydrogen (secondary N) is 1. The molecule has 1 aromatic carbocycles. The van der Waals surface area contributed by atoms with Crippen LogP contribution in [0.25, 0.3) is 0 Å². The molecule has 0 bridgehead atoms. The maximum atomic E-state index is 12.1. The molecule has 20 heavy (non-hydrogen) atoms. The predicted octanol–water partition coefficient (Wildman–Crippen LogP) is 2.77. The summed E-state index contributed by atoms with van der Waals surface area (Å²) in [5.74, 6) is 1.60. The molecule has 0 spiro atoms. The molecule has 1 aromatic rings. The second kappa shape index (κ2) is 7.39. The summed E-state index contributed by atoms with van der Waals surface area (Å²) in [5, 5.41) is 2.96. The van der Waals surface area contributed by atoms with Crippen molar-refractivity contribution in [2.24, 2.45) is 0 Å². The summed E-state index contributed by atoms with van der Waals surface area (Å²) in [5.41, 5.74) is 0.503. The molecule has 1 atom stereocenters. The van der Waals surface area contributed by atoms with Crippen molar-refractivity contribution in [2.75, 3.05) is 20.1 Å². The summed E-state index contributed by atoms with van der Waals surface area (Å²) in [6.07, 6.45) is 1.07. The number of carbonyl (C=O) groups excluding carboxylic acids is 1. The molecule has 0 saturated heterocycles. The van der Waals surface area contributed by atoms with Gasteiger partial charge >= 0.3 is 0 Å². The quantitative estimate of drug-likeness (QED) is 0.788. The zero-order valence-electron chi connectivity index (χ0n) is 12.5. The van der Waals surface area contributed by atoms with Crippen molar-refractivity contribution in [3.05, 3.63) is 23.8 Å². The third-order valence-corrected chi connectivity index (χ3v) is 3.92. The molecule has 1 rings (SSSR count). The van der Waals surface area contributed by atoms with Gasteiger partial charge < -0.3 is 14.8 Å². The maximum Gasteiger partial charge on any atom is 0.224 e. The Labute approximate surface area is 125 Å². The van der Waals surface area contributed by atoms with Crippen LogP contribution in [0.15, 0.2) is 18.2 Å². The third-order valence-electron chi connectivity index (χ3n) is 3.33. The van der Waals surface area contributed by atoms with E-state index >= 15 is 0 Å². The Morgan fingerprint density at radius 1 is 1.30 bits per heavy atom. The molecule has 1 unspecified atom stereocenters. The van der Waals surface area contributed by atoms with Crippen molar-refractivity contribution in [1.82, 2.24) is 5.32 Å². The number of ether oxygens (including phenoxy) is 2. The molecule has 0 saturated carbocycles. The minimum Gasteiger partial charge on any atom is -0.493 e. The number of methoxy groups -OCH3 is 2. The van der Waals surface area contributed by atoms with E-state index in [0.717, 1.165) is 12.0 Å². The minimum atomic E-state index is -0.366. The maximum absolute atomic E-state index is 12.1. The lowest BCUT2D eigenvalue weighted by Gasteiger charge is -2.27. The van der Waals surface area contributed by atoms with E-state index in [1.54, 1.807) is 20.3 Å². The monoisotopic (exact) mass is 299 g/mol. The third kappa shape index (κ3) is 4.30. The van der Waals surface area contributed by atoms with Crippen molar-refractivity contribution >= 4 is 17.5 Å². The van der Waals surface area contributed by atoms with E-state index in [1.807, 2.05) is 26.0 Å². The van der Waals surface area contributed by atoms with Gasteiger partial charge in [-0.1, -0.05) is 13.0 Å². The van der Waals surface area contributed by atoms with Crippen LogP contribution in [0.4, 0.5) is 0 Å². The standard InChI is InChI=1S/C15H22ClNO3/c1-5-15(2,10-16)17-14(18)9-11-6-7-12(19-3)13(8-11)20-4/h6-8H,5,9-10H2,1-4H3,(H,17,18). The number of halogens is 1. The highest BCUT2D eigenvalue weighted by Gasteiger charge is 2.23. The molecule has 4 nitrogen and oxygen atoms in total. The van der Waals surface area contributed by atoms with Gasteiger partial charge in [0.15, 0.2) is 11.5 Å². The molecule has 1 amide bonds. The van der Waals surface area contributed by atoms with Crippen molar-refractivity contribution < 1.29 is 14.3 Å². The zero-order valence-corrected chi connectivity index (χ0v) is 13.2. The van der Waals surface area contributed by atoms with Crippen LogP contribution in [0.3, 0.4) is 0 Å². The Morgan fingerprint density at radius 3 is 2.45 bits per heavy atom. The average Bonchev–Trinajstić information content (AvgIpc) is 2.46. The molecule has 0 aliphatic heterocycles. The first-order valence-corrected chi connectivity index (χ1v) is 7.09. The molecule has 1 N–H and O–H groups in total. The van der Waals surface area contributed by atoms with Crippen LogP contribution >= 0.6 is 11.6 Å². The number of rotatable bonds is 7. The predicted molar refractivity (Wildman–Crippen MR) is 80.8 cm³/mol. The topological polar surface area (TPSA) is 47.6 Å². The largest absolute Gasteiger partial charge is 0.493 e. The summed E-state index contributed by atoms with van der Waals surface area (Å²) in [6.45, 7) is 3.94. The summed E-state index contributed by atoms with van der Waals surface area (Å²) < 4.78 is 10.4. The van der Waals surface area contributed by atoms with E-state index in [-0.39, 0.29) is 17.9 Å². The molecule has 112 valence electrons. The number of benzene rings is 1. The van der Waals surface area contributed by atoms with Crippen LogP contribution in [0.5, 0.6) is 11.5 Å². The molecule has 0 heterocycles. The highest BCUT2D eigenvalue weighted by atomic mass is 35.5. The Bertz CT molecular complexity index is 458. The molecular weight excluding hydrogens is 278 g/mol. The van der Waals surface area contributed by atoms with Crippen LogP contribution in [-0.4, -0.2) is 31.5 Å². The van der Waals surface area contributed by atoms with Crippen molar-refractivity contribution in [2.45, 2.75) is 32.2 Å². The first-order valence-electron chi connectivity index (χ1n) is 6.56. The molecular formula is C15H22ClNO3. The number of alkyl halides is 1. The molecule has 0 fully saturated rings.